The molecule has 2 heterocycles. The van der Waals surface area contributed by atoms with Crippen molar-refractivity contribution in [3.8, 4) is 0 Å². The summed E-state index contributed by atoms with van der Waals surface area (Å²) >= 11 is 0. The molecule has 0 fully saturated rings. The zero-order valence-electron chi connectivity index (χ0n) is 13.8. The van der Waals surface area contributed by atoms with Gasteiger partial charge >= 0.3 is 11.7 Å². The molecule has 5 N–H and O–H groups in total. The Labute approximate surface area is 142 Å². The number of H-pyrrole nitrogens is 2. The number of rotatable bonds is 7. The van der Waals surface area contributed by atoms with Crippen LogP contribution in [0.5, 0.6) is 0 Å². The van der Waals surface area contributed by atoms with Crippen LogP contribution in [0.2, 0.25) is 0 Å². The summed E-state index contributed by atoms with van der Waals surface area (Å²) in [5.41, 5.74) is 0.415. The molecule has 0 saturated carbocycles. The molecule has 0 aromatic carbocycles. The molecule has 0 radical (unpaired) electrons. The van der Waals surface area contributed by atoms with Crippen molar-refractivity contribution in [2.24, 2.45) is 5.92 Å². The molecule has 0 unspecified atom stereocenters. The van der Waals surface area contributed by atoms with E-state index in [1.165, 1.54) is 6.07 Å². The number of carbonyl (C=O) groups is 3. The van der Waals surface area contributed by atoms with Gasteiger partial charge in [0.05, 0.1) is 5.52 Å². The van der Waals surface area contributed by atoms with Crippen molar-refractivity contribution in [3.05, 3.63) is 22.6 Å². The molecule has 0 aliphatic carbocycles. The molecule has 0 spiro atoms. The fourth-order valence-electron chi connectivity index (χ4n) is 2.18. The molecule has 1 atom stereocenters. The van der Waals surface area contributed by atoms with E-state index in [-0.39, 0.29) is 24.6 Å². The van der Waals surface area contributed by atoms with Gasteiger partial charge in [-0.3, -0.25) is 14.6 Å². The third-order valence-electron chi connectivity index (χ3n) is 3.47. The Bertz CT molecular complexity index is 853. The van der Waals surface area contributed by atoms with Crippen LogP contribution in [-0.2, 0) is 14.4 Å². The number of nitrogens with zero attached hydrogens (tertiary/aromatic N) is 1. The predicted molar refractivity (Wildman–Crippen MR) is 89.0 cm³/mol. The van der Waals surface area contributed by atoms with Gasteiger partial charge in [0.25, 0.3) is 0 Å². The molecule has 0 aliphatic rings. The predicted octanol–water partition coefficient (Wildman–Crippen LogP) is 0.195. The third-order valence-corrected chi connectivity index (χ3v) is 3.47. The van der Waals surface area contributed by atoms with Crippen molar-refractivity contribution in [1.82, 2.24) is 20.3 Å². The number of carboxylic acids is 1. The molecular formula is C15H19N5O5. The van der Waals surface area contributed by atoms with Gasteiger partial charge in [-0.1, -0.05) is 13.8 Å². The summed E-state index contributed by atoms with van der Waals surface area (Å²) in [4.78, 5) is 54.9. The van der Waals surface area contributed by atoms with Gasteiger partial charge in [0.1, 0.15) is 11.9 Å². The number of aliphatic carboxylic acids is 1. The van der Waals surface area contributed by atoms with E-state index in [9.17, 15) is 19.2 Å². The number of amides is 2. The minimum atomic E-state index is -1.12. The highest BCUT2D eigenvalue weighted by atomic mass is 16.4. The highest BCUT2D eigenvalue weighted by Gasteiger charge is 2.23. The largest absolute Gasteiger partial charge is 0.480 e. The van der Waals surface area contributed by atoms with Crippen molar-refractivity contribution in [1.29, 1.82) is 0 Å². The van der Waals surface area contributed by atoms with Gasteiger partial charge in [-0.25, -0.2) is 14.6 Å². The van der Waals surface area contributed by atoms with Crippen LogP contribution in [0.15, 0.2) is 16.9 Å². The van der Waals surface area contributed by atoms with Gasteiger partial charge in [0.2, 0.25) is 11.8 Å². The SMILES string of the molecule is CC(C)[C@H](NC(=O)CCC(=O)Nc1ccc2[nH]c(=O)[nH]c2n1)C(=O)O. The van der Waals surface area contributed by atoms with Crippen LogP contribution in [0, 0.1) is 5.92 Å². The Morgan fingerprint density at radius 2 is 1.84 bits per heavy atom. The van der Waals surface area contributed by atoms with Gasteiger partial charge in [0.15, 0.2) is 5.65 Å². The molecule has 2 amide bonds. The second-order valence-corrected chi connectivity index (χ2v) is 5.85. The number of hydrogen-bond acceptors (Lipinski definition) is 5. The first-order chi connectivity index (χ1) is 11.8. The fourth-order valence-corrected chi connectivity index (χ4v) is 2.18. The van der Waals surface area contributed by atoms with Crippen LogP contribution in [0.4, 0.5) is 5.82 Å². The number of pyridine rings is 1. The lowest BCUT2D eigenvalue weighted by Crippen LogP contribution is -2.44. The number of imidazole rings is 1. The van der Waals surface area contributed by atoms with Gasteiger partial charge in [-0.2, -0.15) is 0 Å². The zero-order chi connectivity index (χ0) is 18.6. The fraction of sp³-hybridized carbons (Fsp3) is 0.400. The minimum Gasteiger partial charge on any atom is -0.480 e. The molecule has 10 heteroatoms. The van der Waals surface area contributed by atoms with Gasteiger partial charge in [0, 0.05) is 12.8 Å². The molecule has 0 bridgehead atoms. The van der Waals surface area contributed by atoms with Crippen LogP contribution in [0.1, 0.15) is 26.7 Å². The number of anilines is 1. The van der Waals surface area contributed by atoms with Gasteiger partial charge in [-0.15, -0.1) is 0 Å². The van der Waals surface area contributed by atoms with Crippen molar-refractivity contribution in [2.75, 3.05) is 5.32 Å². The smallest absolute Gasteiger partial charge is 0.326 e. The normalized spacial score (nSPS) is 12.1. The van der Waals surface area contributed by atoms with Crippen molar-refractivity contribution in [2.45, 2.75) is 32.7 Å². The van der Waals surface area contributed by atoms with E-state index in [1.54, 1.807) is 19.9 Å². The maximum atomic E-state index is 11.9. The lowest BCUT2D eigenvalue weighted by molar-refractivity contribution is -0.143. The number of carboxylic acid groups (broad SMARTS) is 1. The summed E-state index contributed by atoms with van der Waals surface area (Å²) in [5, 5.41) is 13.9. The topological polar surface area (TPSA) is 157 Å². The summed E-state index contributed by atoms with van der Waals surface area (Å²) < 4.78 is 0. The van der Waals surface area contributed by atoms with Crippen LogP contribution in [0.3, 0.4) is 0 Å². The van der Waals surface area contributed by atoms with E-state index >= 15 is 0 Å². The Kier molecular flexibility index (Phi) is 5.52. The molecule has 0 saturated heterocycles. The number of aromatic nitrogens is 3. The highest BCUT2D eigenvalue weighted by molar-refractivity contribution is 5.93. The Hall–Kier alpha value is -3.17. The van der Waals surface area contributed by atoms with E-state index in [4.69, 9.17) is 5.11 Å². The summed E-state index contributed by atoms with van der Waals surface area (Å²) in [6.07, 6.45) is -0.273. The lowest BCUT2D eigenvalue weighted by Gasteiger charge is -2.17. The average Bonchev–Trinajstić information content (AvgIpc) is 2.89. The average molecular weight is 349 g/mol. The third kappa shape index (κ3) is 4.90. The molecule has 0 aliphatic heterocycles. The lowest BCUT2D eigenvalue weighted by atomic mass is 10.0. The molecule has 2 rings (SSSR count). The van der Waals surface area contributed by atoms with Crippen LogP contribution >= 0.6 is 0 Å². The maximum absolute atomic E-state index is 11.9. The highest BCUT2D eigenvalue weighted by Crippen LogP contribution is 2.10. The van der Waals surface area contributed by atoms with E-state index in [1.807, 2.05) is 0 Å². The quantitative estimate of drug-likeness (QED) is 0.480. The van der Waals surface area contributed by atoms with E-state index in [0.29, 0.717) is 11.2 Å². The molecule has 134 valence electrons. The molecule has 2 aromatic heterocycles. The first kappa shape index (κ1) is 18.2. The van der Waals surface area contributed by atoms with Crippen LogP contribution in [-0.4, -0.2) is 43.9 Å². The zero-order valence-corrected chi connectivity index (χ0v) is 13.8. The first-order valence-electron chi connectivity index (χ1n) is 7.67. The molecular weight excluding hydrogens is 330 g/mol. The van der Waals surface area contributed by atoms with Crippen LogP contribution < -0.4 is 16.3 Å². The van der Waals surface area contributed by atoms with Crippen molar-refractivity contribution < 1.29 is 19.5 Å². The van der Waals surface area contributed by atoms with E-state index < -0.39 is 29.5 Å². The monoisotopic (exact) mass is 349 g/mol. The molecule has 2 aromatic rings. The summed E-state index contributed by atoms with van der Waals surface area (Å²) in [6.45, 7) is 3.36. The van der Waals surface area contributed by atoms with E-state index in [0.717, 1.165) is 0 Å². The number of carbonyl (C=O) groups excluding carboxylic acids is 2. The Balaban J connectivity index is 1.87. The van der Waals surface area contributed by atoms with Crippen LogP contribution in [0.25, 0.3) is 11.2 Å². The second kappa shape index (κ2) is 7.60. The summed E-state index contributed by atoms with van der Waals surface area (Å²) in [6, 6.07) is 2.11. The number of nitrogens with one attached hydrogen (secondary N) is 4. The molecule has 10 nitrogen and oxygen atoms in total. The van der Waals surface area contributed by atoms with Gasteiger partial charge < -0.3 is 20.7 Å². The van der Waals surface area contributed by atoms with Crippen molar-refractivity contribution in [3.63, 3.8) is 0 Å². The first-order valence-corrected chi connectivity index (χ1v) is 7.67. The molecule has 25 heavy (non-hydrogen) atoms. The van der Waals surface area contributed by atoms with Gasteiger partial charge in [-0.05, 0) is 18.1 Å². The second-order valence-electron chi connectivity index (χ2n) is 5.85. The van der Waals surface area contributed by atoms with E-state index in [2.05, 4.69) is 25.6 Å². The minimum absolute atomic E-state index is 0.125. The van der Waals surface area contributed by atoms with Crippen molar-refractivity contribution >= 4 is 34.8 Å². The maximum Gasteiger partial charge on any atom is 0.326 e. The standard InChI is InChI=1S/C15H19N5O5/c1-7(2)12(14(23)24)19-11(22)6-5-10(21)17-9-4-3-8-13(18-9)20-15(25)16-8/h3-4,7,12H,5-6H2,1-2H3,(H,19,22)(H,23,24)(H3,16,17,18,20,21,25)/t12-/m0/s1. The summed E-state index contributed by atoms with van der Waals surface area (Å²) in [5.74, 6) is -2.12. The number of fused-ring (bicyclic) bond motifs is 1. The Morgan fingerprint density at radius 3 is 2.48 bits per heavy atom. The number of hydrogen-bond donors (Lipinski definition) is 5. The Morgan fingerprint density at radius 1 is 1.16 bits per heavy atom. The summed E-state index contributed by atoms with van der Waals surface area (Å²) in [7, 11) is 0. The number of aromatic amines is 2.